The van der Waals surface area contributed by atoms with Gasteiger partial charge in [-0.15, -0.1) is 0 Å². The van der Waals surface area contributed by atoms with E-state index in [1.54, 1.807) is 18.9 Å². The lowest BCUT2D eigenvalue weighted by Gasteiger charge is -2.19. The summed E-state index contributed by atoms with van der Waals surface area (Å²) in [6.07, 6.45) is 5.91. The highest BCUT2D eigenvalue weighted by Crippen LogP contribution is 2.21. The molecule has 0 saturated carbocycles. The van der Waals surface area contributed by atoms with Gasteiger partial charge >= 0.3 is 0 Å². The first kappa shape index (κ1) is 14.2. The number of aromatic nitrogens is 5. The Morgan fingerprint density at radius 2 is 2.05 bits per heavy atom. The van der Waals surface area contributed by atoms with Crippen LogP contribution < -0.4 is 5.32 Å². The maximum absolute atomic E-state index is 4.43. The van der Waals surface area contributed by atoms with Gasteiger partial charge < -0.3 is 5.32 Å². The van der Waals surface area contributed by atoms with Crippen LogP contribution in [-0.2, 0) is 6.54 Å². The smallest absolute Gasteiger partial charge is 0.223 e. The second-order valence-corrected chi connectivity index (χ2v) is 5.08. The van der Waals surface area contributed by atoms with Gasteiger partial charge in [0.15, 0.2) is 0 Å². The first-order valence-corrected chi connectivity index (χ1v) is 7.25. The van der Waals surface area contributed by atoms with Gasteiger partial charge in [0.1, 0.15) is 12.7 Å². The Balaban J connectivity index is 1.76. The molecule has 0 spiro atoms. The van der Waals surface area contributed by atoms with Gasteiger partial charge in [0.05, 0.1) is 6.04 Å². The Bertz CT molecular complexity index is 696. The van der Waals surface area contributed by atoms with Crippen molar-refractivity contribution in [2.75, 3.05) is 5.32 Å². The molecule has 0 radical (unpaired) electrons. The van der Waals surface area contributed by atoms with Gasteiger partial charge in [0.25, 0.3) is 0 Å². The van der Waals surface area contributed by atoms with Crippen molar-refractivity contribution in [1.29, 1.82) is 0 Å². The van der Waals surface area contributed by atoms with Crippen LogP contribution in [0.15, 0.2) is 55.2 Å². The monoisotopic (exact) mass is 294 g/mol. The molecule has 0 amide bonds. The lowest BCUT2D eigenvalue weighted by Crippen LogP contribution is -2.16. The normalized spacial score (nSPS) is 12.0. The zero-order valence-corrected chi connectivity index (χ0v) is 12.4. The minimum Gasteiger partial charge on any atom is -0.347 e. The fourth-order valence-electron chi connectivity index (χ4n) is 2.29. The summed E-state index contributed by atoms with van der Waals surface area (Å²) in [4.78, 5) is 12.7. The van der Waals surface area contributed by atoms with E-state index in [-0.39, 0.29) is 6.04 Å². The summed E-state index contributed by atoms with van der Waals surface area (Å²) in [5.74, 6) is 0.646. The number of aryl methyl sites for hydroxylation is 2. The Labute approximate surface area is 129 Å². The summed E-state index contributed by atoms with van der Waals surface area (Å²) in [7, 11) is 0. The second-order valence-electron chi connectivity index (χ2n) is 5.08. The molecule has 6 nitrogen and oxygen atoms in total. The maximum atomic E-state index is 4.43. The number of benzene rings is 1. The zero-order chi connectivity index (χ0) is 15.2. The Kier molecular flexibility index (Phi) is 4.38. The molecule has 1 N–H and O–H groups in total. The van der Waals surface area contributed by atoms with Crippen LogP contribution in [0.5, 0.6) is 0 Å². The number of nitrogens with one attached hydrogen (secondary N) is 1. The van der Waals surface area contributed by atoms with E-state index in [2.05, 4.69) is 37.5 Å². The molecule has 3 aromatic rings. The highest BCUT2D eigenvalue weighted by molar-refractivity contribution is 5.32. The van der Waals surface area contributed by atoms with Gasteiger partial charge in [-0.1, -0.05) is 30.3 Å². The van der Waals surface area contributed by atoms with Crippen LogP contribution in [0.1, 0.15) is 23.7 Å². The van der Waals surface area contributed by atoms with Gasteiger partial charge in [0, 0.05) is 18.4 Å². The molecule has 6 heteroatoms. The standard InChI is InChI=1S/C16H18N6/c1-13-7-9-18-16(20-13)21-15(14-5-3-2-4-6-14)8-10-22-12-17-11-19-22/h2-7,9,11-12,15H,8,10H2,1H3,(H,18,20,21)/t15-/m0/s1. The van der Waals surface area contributed by atoms with Gasteiger partial charge in [0.2, 0.25) is 5.95 Å². The molecule has 0 aliphatic heterocycles. The molecule has 0 saturated heterocycles. The van der Waals surface area contributed by atoms with Crippen molar-refractivity contribution < 1.29 is 0 Å². The minimum absolute atomic E-state index is 0.118. The third kappa shape index (κ3) is 3.66. The largest absolute Gasteiger partial charge is 0.347 e. The van der Waals surface area contributed by atoms with E-state index in [0.717, 1.165) is 18.7 Å². The van der Waals surface area contributed by atoms with Crippen LogP contribution in [0.25, 0.3) is 0 Å². The topological polar surface area (TPSA) is 68.5 Å². The van der Waals surface area contributed by atoms with Crippen LogP contribution in [0, 0.1) is 6.92 Å². The minimum atomic E-state index is 0.118. The van der Waals surface area contributed by atoms with E-state index in [1.807, 2.05) is 35.9 Å². The summed E-state index contributed by atoms with van der Waals surface area (Å²) in [6, 6.07) is 12.3. The molecule has 0 fully saturated rings. The van der Waals surface area contributed by atoms with Gasteiger partial charge in [-0.2, -0.15) is 5.10 Å². The van der Waals surface area contributed by atoms with Crippen LogP contribution in [0.4, 0.5) is 5.95 Å². The molecule has 0 unspecified atom stereocenters. The van der Waals surface area contributed by atoms with Crippen molar-refractivity contribution in [1.82, 2.24) is 24.7 Å². The number of rotatable bonds is 6. The molecule has 1 aromatic carbocycles. The van der Waals surface area contributed by atoms with Crippen molar-refractivity contribution in [3.8, 4) is 0 Å². The molecule has 0 aliphatic rings. The van der Waals surface area contributed by atoms with Gasteiger partial charge in [-0.3, -0.25) is 4.68 Å². The Morgan fingerprint density at radius 3 is 2.77 bits per heavy atom. The molecule has 1 atom stereocenters. The van der Waals surface area contributed by atoms with Crippen molar-refractivity contribution >= 4 is 5.95 Å². The predicted molar refractivity (Wildman–Crippen MR) is 84.2 cm³/mol. The molecule has 0 bridgehead atoms. The first-order valence-electron chi connectivity index (χ1n) is 7.25. The van der Waals surface area contributed by atoms with Crippen LogP contribution in [0.3, 0.4) is 0 Å². The first-order chi connectivity index (χ1) is 10.8. The molecule has 2 aromatic heterocycles. The maximum Gasteiger partial charge on any atom is 0.223 e. The van der Waals surface area contributed by atoms with E-state index in [9.17, 15) is 0 Å². The summed E-state index contributed by atoms with van der Waals surface area (Å²) < 4.78 is 1.83. The molecule has 3 rings (SSSR count). The molecule has 112 valence electrons. The number of anilines is 1. The highest BCUT2D eigenvalue weighted by atomic mass is 15.3. The quantitative estimate of drug-likeness (QED) is 0.757. The molecule has 22 heavy (non-hydrogen) atoms. The second kappa shape index (κ2) is 6.80. The summed E-state index contributed by atoms with van der Waals surface area (Å²) in [6.45, 7) is 2.73. The van der Waals surface area contributed by atoms with Crippen molar-refractivity contribution in [2.24, 2.45) is 0 Å². The van der Waals surface area contributed by atoms with Crippen LogP contribution >= 0.6 is 0 Å². The lowest BCUT2D eigenvalue weighted by molar-refractivity contribution is 0.536. The van der Waals surface area contributed by atoms with E-state index >= 15 is 0 Å². The van der Waals surface area contributed by atoms with E-state index in [1.165, 1.54) is 5.56 Å². The summed E-state index contributed by atoms with van der Waals surface area (Å²) in [5.41, 5.74) is 2.15. The van der Waals surface area contributed by atoms with E-state index in [4.69, 9.17) is 0 Å². The van der Waals surface area contributed by atoms with E-state index < -0.39 is 0 Å². The number of hydrogen-bond acceptors (Lipinski definition) is 5. The molecular formula is C16H18N6. The Hall–Kier alpha value is -2.76. The van der Waals surface area contributed by atoms with Crippen molar-refractivity contribution in [2.45, 2.75) is 25.9 Å². The zero-order valence-electron chi connectivity index (χ0n) is 12.4. The van der Waals surface area contributed by atoms with E-state index in [0.29, 0.717) is 5.95 Å². The van der Waals surface area contributed by atoms with Crippen molar-refractivity contribution in [3.05, 3.63) is 66.5 Å². The molecule has 0 aliphatic carbocycles. The number of nitrogens with zero attached hydrogens (tertiary/aromatic N) is 5. The SMILES string of the molecule is Cc1ccnc(N[C@@H](CCn2cncn2)c2ccccc2)n1. The Morgan fingerprint density at radius 1 is 1.18 bits per heavy atom. The summed E-state index contributed by atoms with van der Waals surface area (Å²) >= 11 is 0. The third-order valence-corrected chi connectivity index (χ3v) is 3.41. The lowest BCUT2D eigenvalue weighted by atomic mass is 10.0. The fourth-order valence-corrected chi connectivity index (χ4v) is 2.29. The predicted octanol–water partition coefficient (Wildman–Crippen LogP) is 2.62. The van der Waals surface area contributed by atoms with Crippen LogP contribution in [-0.4, -0.2) is 24.7 Å². The van der Waals surface area contributed by atoms with Crippen molar-refractivity contribution in [3.63, 3.8) is 0 Å². The molecular weight excluding hydrogens is 276 g/mol. The van der Waals surface area contributed by atoms with Gasteiger partial charge in [-0.05, 0) is 25.0 Å². The third-order valence-electron chi connectivity index (χ3n) is 3.41. The fraction of sp³-hybridized carbons (Fsp3) is 0.250. The average Bonchev–Trinajstić information content (AvgIpc) is 3.06. The molecule has 2 heterocycles. The van der Waals surface area contributed by atoms with Gasteiger partial charge in [-0.25, -0.2) is 15.0 Å². The average molecular weight is 294 g/mol. The highest BCUT2D eigenvalue weighted by Gasteiger charge is 2.13. The van der Waals surface area contributed by atoms with Crippen LogP contribution in [0.2, 0.25) is 0 Å². The summed E-state index contributed by atoms with van der Waals surface area (Å²) in [5, 5.41) is 7.56. The number of hydrogen-bond donors (Lipinski definition) is 1.